The highest BCUT2D eigenvalue weighted by molar-refractivity contribution is 7.89. The van der Waals surface area contributed by atoms with Gasteiger partial charge in [0.05, 0.1) is 16.3 Å². The molecular formula is C13H14FN3O2S. The summed E-state index contributed by atoms with van der Waals surface area (Å²) in [5.41, 5.74) is 7.18. The van der Waals surface area contributed by atoms with Crippen molar-refractivity contribution in [1.82, 2.24) is 0 Å². The molecule has 5 nitrogen and oxygen atoms in total. The Hall–Kier alpha value is -2.12. The maximum absolute atomic E-state index is 13.2. The average Bonchev–Trinajstić information content (AvgIpc) is 2.37. The predicted molar refractivity (Wildman–Crippen MR) is 76.7 cm³/mol. The molecule has 0 aliphatic carbocycles. The van der Waals surface area contributed by atoms with E-state index in [-0.39, 0.29) is 4.90 Å². The number of rotatable bonds is 3. The van der Waals surface area contributed by atoms with Gasteiger partial charge in [-0.2, -0.15) is 0 Å². The maximum Gasteiger partial charge on any atom is 0.238 e. The van der Waals surface area contributed by atoms with Crippen molar-refractivity contribution >= 4 is 27.1 Å². The SMILES string of the molecule is CN(c1cccc(F)c1)c1cc(S(N)(=O)=O)ccc1N. The highest BCUT2D eigenvalue weighted by Crippen LogP contribution is 2.31. The van der Waals surface area contributed by atoms with Gasteiger partial charge in [-0.15, -0.1) is 0 Å². The first kappa shape index (κ1) is 14.3. The van der Waals surface area contributed by atoms with Gasteiger partial charge in [-0.3, -0.25) is 0 Å². The molecule has 20 heavy (non-hydrogen) atoms. The highest BCUT2D eigenvalue weighted by atomic mass is 32.2. The number of halogens is 1. The summed E-state index contributed by atoms with van der Waals surface area (Å²) in [7, 11) is -2.16. The molecule has 0 fully saturated rings. The zero-order chi connectivity index (χ0) is 14.9. The second-order valence-electron chi connectivity index (χ2n) is 4.30. The zero-order valence-corrected chi connectivity index (χ0v) is 11.6. The summed E-state index contributed by atoms with van der Waals surface area (Å²) in [6.07, 6.45) is 0. The Labute approximate surface area is 116 Å². The Morgan fingerprint density at radius 3 is 2.45 bits per heavy atom. The van der Waals surface area contributed by atoms with Crippen molar-refractivity contribution < 1.29 is 12.8 Å². The molecule has 0 unspecified atom stereocenters. The standard InChI is InChI=1S/C13H14FN3O2S/c1-17(10-4-2-3-9(14)7-10)13-8-11(20(16,18)19)5-6-12(13)15/h2-8H,15H2,1H3,(H2,16,18,19). The molecule has 0 aliphatic rings. The van der Waals surface area contributed by atoms with Gasteiger partial charge in [0, 0.05) is 12.7 Å². The van der Waals surface area contributed by atoms with Gasteiger partial charge in [-0.1, -0.05) is 6.07 Å². The van der Waals surface area contributed by atoms with Crippen LogP contribution in [0.5, 0.6) is 0 Å². The van der Waals surface area contributed by atoms with Gasteiger partial charge in [0.15, 0.2) is 0 Å². The van der Waals surface area contributed by atoms with Gasteiger partial charge >= 0.3 is 0 Å². The molecule has 0 radical (unpaired) electrons. The Balaban J connectivity index is 2.52. The molecule has 4 N–H and O–H groups in total. The summed E-state index contributed by atoms with van der Waals surface area (Å²) in [5.74, 6) is -0.393. The van der Waals surface area contributed by atoms with Crippen LogP contribution in [-0.4, -0.2) is 15.5 Å². The van der Waals surface area contributed by atoms with Crippen LogP contribution >= 0.6 is 0 Å². The van der Waals surface area contributed by atoms with E-state index in [1.807, 2.05) is 0 Å². The fraction of sp³-hybridized carbons (Fsp3) is 0.0769. The van der Waals surface area contributed by atoms with Crippen molar-refractivity contribution in [3.8, 4) is 0 Å². The Morgan fingerprint density at radius 2 is 1.85 bits per heavy atom. The lowest BCUT2D eigenvalue weighted by Crippen LogP contribution is -2.16. The van der Waals surface area contributed by atoms with Crippen LogP contribution in [0, 0.1) is 5.82 Å². The normalized spacial score (nSPS) is 11.3. The number of sulfonamides is 1. The topological polar surface area (TPSA) is 89.4 Å². The first-order valence-electron chi connectivity index (χ1n) is 5.70. The largest absolute Gasteiger partial charge is 0.397 e. The number of nitrogen functional groups attached to an aromatic ring is 1. The number of nitrogens with zero attached hydrogens (tertiary/aromatic N) is 1. The van der Waals surface area contributed by atoms with Crippen LogP contribution in [0.2, 0.25) is 0 Å². The summed E-state index contributed by atoms with van der Waals surface area (Å²) in [5, 5.41) is 5.09. The molecule has 7 heteroatoms. The molecule has 2 aromatic carbocycles. The number of hydrogen-bond acceptors (Lipinski definition) is 4. The fourth-order valence-corrected chi connectivity index (χ4v) is 2.35. The molecule has 0 bridgehead atoms. The molecule has 2 rings (SSSR count). The molecule has 0 heterocycles. The van der Waals surface area contributed by atoms with E-state index in [1.54, 1.807) is 24.1 Å². The molecule has 0 aromatic heterocycles. The van der Waals surface area contributed by atoms with Crippen LogP contribution in [0.4, 0.5) is 21.5 Å². The number of nitrogens with two attached hydrogens (primary N) is 2. The van der Waals surface area contributed by atoms with E-state index >= 15 is 0 Å². The van der Waals surface area contributed by atoms with E-state index in [2.05, 4.69) is 0 Å². The zero-order valence-electron chi connectivity index (χ0n) is 10.7. The van der Waals surface area contributed by atoms with Crippen molar-refractivity contribution in [2.24, 2.45) is 5.14 Å². The van der Waals surface area contributed by atoms with Gasteiger partial charge < -0.3 is 10.6 Å². The summed E-state index contributed by atoms with van der Waals surface area (Å²) in [4.78, 5) is 1.54. The average molecular weight is 295 g/mol. The van der Waals surface area contributed by atoms with E-state index in [0.717, 1.165) is 0 Å². The second-order valence-corrected chi connectivity index (χ2v) is 5.87. The first-order chi connectivity index (χ1) is 9.29. The van der Waals surface area contributed by atoms with Gasteiger partial charge in [0.1, 0.15) is 5.82 Å². The predicted octanol–water partition coefficient (Wildman–Crippen LogP) is 1.82. The van der Waals surface area contributed by atoms with Crippen LogP contribution in [0.1, 0.15) is 0 Å². The van der Waals surface area contributed by atoms with Crippen LogP contribution in [0.3, 0.4) is 0 Å². The molecule has 0 atom stereocenters. The minimum atomic E-state index is -3.82. The lowest BCUT2D eigenvalue weighted by atomic mass is 10.2. The third-order valence-electron chi connectivity index (χ3n) is 2.89. The Kier molecular flexibility index (Phi) is 3.65. The summed E-state index contributed by atoms with van der Waals surface area (Å²) in [6.45, 7) is 0. The van der Waals surface area contributed by atoms with Crippen molar-refractivity contribution in [3.63, 3.8) is 0 Å². The van der Waals surface area contributed by atoms with Crippen molar-refractivity contribution in [2.45, 2.75) is 4.90 Å². The summed E-state index contributed by atoms with van der Waals surface area (Å²) >= 11 is 0. The maximum atomic E-state index is 13.2. The number of primary sulfonamides is 1. The lowest BCUT2D eigenvalue weighted by molar-refractivity contribution is 0.598. The van der Waals surface area contributed by atoms with Crippen molar-refractivity contribution in [1.29, 1.82) is 0 Å². The van der Waals surface area contributed by atoms with Crippen LogP contribution < -0.4 is 15.8 Å². The van der Waals surface area contributed by atoms with Crippen molar-refractivity contribution in [2.75, 3.05) is 17.7 Å². The molecule has 0 spiro atoms. The number of hydrogen-bond donors (Lipinski definition) is 2. The van der Waals surface area contributed by atoms with E-state index < -0.39 is 15.8 Å². The van der Waals surface area contributed by atoms with E-state index in [1.165, 1.54) is 30.3 Å². The van der Waals surface area contributed by atoms with E-state index in [9.17, 15) is 12.8 Å². The smallest absolute Gasteiger partial charge is 0.238 e. The molecule has 0 saturated carbocycles. The first-order valence-corrected chi connectivity index (χ1v) is 7.25. The van der Waals surface area contributed by atoms with E-state index in [0.29, 0.717) is 17.1 Å². The monoisotopic (exact) mass is 295 g/mol. The van der Waals surface area contributed by atoms with Gasteiger partial charge in [0.25, 0.3) is 0 Å². The Morgan fingerprint density at radius 1 is 1.15 bits per heavy atom. The third kappa shape index (κ3) is 2.89. The molecule has 106 valence electrons. The van der Waals surface area contributed by atoms with Crippen molar-refractivity contribution in [3.05, 3.63) is 48.3 Å². The molecular weight excluding hydrogens is 281 g/mol. The highest BCUT2D eigenvalue weighted by Gasteiger charge is 2.14. The van der Waals surface area contributed by atoms with Crippen LogP contribution in [0.25, 0.3) is 0 Å². The minimum Gasteiger partial charge on any atom is -0.397 e. The number of anilines is 3. The van der Waals surface area contributed by atoms with Gasteiger partial charge in [0.2, 0.25) is 10.0 Å². The Bertz CT molecular complexity index is 747. The molecule has 0 amide bonds. The quantitative estimate of drug-likeness (QED) is 0.845. The summed E-state index contributed by atoms with van der Waals surface area (Å²) < 4.78 is 36.0. The fourth-order valence-electron chi connectivity index (χ4n) is 1.81. The third-order valence-corrected chi connectivity index (χ3v) is 3.80. The van der Waals surface area contributed by atoms with Gasteiger partial charge in [-0.05, 0) is 36.4 Å². The number of benzene rings is 2. The van der Waals surface area contributed by atoms with Gasteiger partial charge in [-0.25, -0.2) is 17.9 Å². The molecule has 2 aromatic rings. The lowest BCUT2D eigenvalue weighted by Gasteiger charge is -2.21. The second kappa shape index (κ2) is 5.10. The molecule has 0 saturated heterocycles. The minimum absolute atomic E-state index is 0.0510. The van der Waals surface area contributed by atoms with Crippen LogP contribution in [0.15, 0.2) is 47.4 Å². The molecule has 0 aliphatic heterocycles. The summed E-state index contributed by atoms with van der Waals surface area (Å²) in [6, 6.07) is 10.0. The van der Waals surface area contributed by atoms with Crippen LogP contribution in [-0.2, 0) is 10.0 Å². The van der Waals surface area contributed by atoms with E-state index in [4.69, 9.17) is 10.9 Å².